The van der Waals surface area contributed by atoms with Crippen LogP contribution in [0.25, 0.3) is 5.65 Å². The lowest BCUT2D eigenvalue weighted by Crippen LogP contribution is -2.45. The molecule has 2 aliphatic heterocycles. The summed E-state index contributed by atoms with van der Waals surface area (Å²) in [6.45, 7) is 3.41. The minimum atomic E-state index is -0.885. The number of nitrogens with zero attached hydrogens (tertiary/aromatic N) is 3. The first kappa shape index (κ1) is 15.1. The number of hydrogen-bond acceptors (Lipinski definition) is 4. The number of ether oxygens (including phenoxy) is 1. The second-order valence-electron chi connectivity index (χ2n) is 6.76. The Kier molecular flexibility index (Phi) is 3.35. The van der Waals surface area contributed by atoms with E-state index in [1.54, 1.807) is 15.5 Å². The van der Waals surface area contributed by atoms with Crippen LogP contribution in [0.2, 0.25) is 0 Å². The number of fused-ring (bicyclic) bond motifs is 2. The lowest BCUT2D eigenvalue weighted by Gasteiger charge is -2.33. The summed E-state index contributed by atoms with van der Waals surface area (Å²) >= 11 is 0. The number of hydrogen-bond donors (Lipinski definition) is 1. The van der Waals surface area contributed by atoms with Gasteiger partial charge in [-0.25, -0.2) is 4.98 Å². The fourth-order valence-electron chi connectivity index (χ4n) is 3.80. The van der Waals surface area contributed by atoms with Gasteiger partial charge in [0.1, 0.15) is 11.3 Å². The van der Waals surface area contributed by atoms with Crippen molar-refractivity contribution in [2.75, 3.05) is 26.3 Å². The van der Waals surface area contributed by atoms with E-state index >= 15 is 0 Å². The Bertz CT molecular complexity index is 830. The van der Waals surface area contributed by atoms with E-state index in [9.17, 15) is 14.7 Å². The van der Waals surface area contributed by atoms with E-state index in [1.165, 1.54) is 0 Å². The molecule has 1 N–H and O–H groups in total. The summed E-state index contributed by atoms with van der Waals surface area (Å²) in [6.07, 6.45) is 4.01. The summed E-state index contributed by atoms with van der Waals surface area (Å²) in [5, 5.41) is 9.70. The van der Waals surface area contributed by atoms with Crippen molar-refractivity contribution in [3.8, 4) is 0 Å². The molecular weight excluding hydrogens is 310 g/mol. The van der Waals surface area contributed by atoms with E-state index in [2.05, 4.69) is 4.98 Å². The van der Waals surface area contributed by atoms with Crippen molar-refractivity contribution < 1.29 is 19.4 Å². The van der Waals surface area contributed by atoms with Gasteiger partial charge in [0.05, 0.1) is 12.0 Å². The van der Waals surface area contributed by atoms with E-state index in [-0.39, 0.29) is 18.4 Å². The molecule has 0 spiro atoms. The number of rotatable bonds is 2. The topological polar surface area (TPSA) is 84.1 Å². The fraction of sp³-hybridized carbons (Fsp3) is 0.471. The van der Waals surface area contributed by atoms with Gasteiger partial charge in [0.2, 0.25) is 0 Å². The molecule has 0 aliphatic carbocycles. The predicted octanol–water partition coefficient (Wildman–Crippen LogP) is 1.21. The summed E-state index contributed by atoms with van der Waals surface area (Å²) < 4.78 is 7.24. The Labute approximate surface area is 138 Å². The van der Waals surface area contributed by atoms with Crippen LogP contribution in [0, 0.1) is 18.3 Å². The number of carboxylic acid groups (broad SMARTS) is 1. The lowest BCUT2D eigenvalue weighted by molar-refractivity contribution is -0.157. The SMILES string of the molecule is Cc1ccn2cc(C(=O)N3C[C@H]4COCC[C@@]4(C(=O)O)C3)nc2c1. The van der Waals surface area contributed by atoms with Gasteiger partial charge in [0.15, 0.2) is 0 Å². The summed E-state index contributed by atoms with van der Waals surface area (Å²) in [5.74, 6) is -1.21. The standard InChI is InChI=1S/C17H19N3O4/c1-11-2-4-19-8-13(18-14(19)6-11)15(21)20-7-12-9-24-5-3-17(12,10-20)16(22)23/h2,4,6,8,12H,3,5,7,9-10H2,1H3,(H,22,23)/t12-,17+/m0/s1. The quantitative estimate of drug-likeness (QED) is 0.895. The molecule has 2 atom stereocenters. The number of carboxylic acids is 1. The third-order valence-corrected chi connectivity index (χ3v) is 5.25. The Morgan fingerprint density at radius 1 is 1.46 bits per heavy atom. The van der Waals surface area contributed by atoms with Crippen molar-refractivity contribution in [3.05, 3.63) is 35.8 Å². The van der Waals surface area contributed by atoms with Crippen LogP contribution in [0.3, 0.4) is 0 Å². The van der Waals surface area contributed by atoms with Crippen LogP contribution in [0.4, 0.5) is 0 Å². The number of aliphatic carboxylic acids is 1. The molecule has 0 radical (unpaired) electrons. The zero-order chi connectivity index (χ0) is 16.9. The number of pyridine rings is 1. The number of aromatic nitrogens is 2. The molecule has 2 saturated heterocycles. The summed E-state index contributed by atoms with van der Waals surface area (Å²) in [4.78, 5) is 30.7. The molecule has 126 valence electrons. The number of carbonyl (C=O) groups excluding carboxylic acids is 1. The van der Waals surface area contributed by atoms with E-state index in [0.29, 0.717) is 37.5 Å². The Morgan fingerprint density at radius 3 is 3.04 bits per heavy atom. The van der Waals surface area contributed by atoms with E-state index in [4.69, 9.17) is 4.74 Å². The third-order valence-electron chi connectivity index (χ3n) is 5.25. The van der Waals surface area contributed by atoms with Crippen molar-refractivity contribution in [2.24, 2.45) is 11.3 Å². The first-order valence-corrected chi connectivity index (χ1v) is 8.05. The van der Waals surface area contributed by atoms with Crippen molar-refractivity contribution >= 4 is 17.5 Å². The Balaban J connectivity index is 1.63. The second kappa shape index (κ2) is 5.31. The maximum absolute atomic E-state index is 12.8. The van der Waals surface area contributed by atoms with Gasteiger partial charge in [-0.15, -0.1) is 0 Å². The highest BCUT2D eigenvalue weighted by Gasteiger charge is 2.55. The van der Waals surface area contributed by atoms with Crippen LogP contribution in [-0.2, 0) is 9.53 Å². The van der Waals surface area contributed by atoms with Gasteiger partial charge >= 0.3 is 5.97 Å². The maximum Gasteiger partial charge on any atom is 0.311 e. The van der Waals surface area contributed by atoms with E-state index in [1.807, 2.05) is 25.3 Å². The molecule has 4 heterocycles. The summed E-state index contributed by atoms with van der Waals surface area (Å²) in [7, 11) is 0. The average Bonchev–Trinajstić information content (AvgIpc) is 3.15. The lowest BCUT2D eigenvalue weighted by atomic mass is 9.74. The Hall–Kier alpha value is -2.41. The van der Waals surface area contributed by atoms with Crippen LogP contribution in [0.5, 0.6) is 0 Å². The highest BCUT2D eigenvalue weighted by molar-refractivity contribution is 5.94. The minimum Gasteiger partial charge on any atom is -0.481 e. The number of amides is 1. The maximum atomic E-state index is 12.8. The normalized spacial score (nSPS) is 26.5. The second-order valence-corrected chi connectivity index (χ2v) is 6.76. The van der Waals surface area contributed by atoms with Gasteiger partial charge < -0.3 is 19.1 Å². The average molecular weight is 329 g/mol. The fourth-order valence-corrected chi connectivity index (χ4v) is 3.80. The highest BCUT2D eigenvalue weighted by Crippen LogP contribution is 2.42. The molecule has 0 unspecified atom stereocenters. The molecule has 7 heteroatoms. The highest BCUT2D eigenvalue weighted by atomic mass is 16.5. The van der Waals surface area contributed by atoms with Gasteiger partial charge in [-0.3, -0.25) is 9.59 Å². The molecule has 2 aromatic rings. The molecule has 0 aromatic carbocycles. The zero-order valence-electron chi connectivity index (χ0n) is 13.4. The van der Waals surface area contributed by atoms with Crippen molar-refractivity contribution in [1.82, 2.24) is 14.3 Å². The van der Waals surface area contributed by atoms with Crippen molar-refractivity contribution in [2.45, 2.75) is 13.3 Å². The molecule has 2 aliphatic rings. The van der Waals surface area contributed by atoms with E-state index < -0.39 is 11.4 Å². The van der Waals surface area contributed by atoms with Crippen LogP contribution in [0.1, 0.15) is 22.5 Å². The first-order chi connectivity index (χ1) is 11.5. The molecule has 2 aromatic heterocycles. The van der Waals surface area contributed by atoms with Crippen LogP contribution in [-0.4, -0.2) is 57.6 Å². The van der Waals surface area contributed by atoms with Gasteiger partial charge in [-0.1, -0.05) is 0 Å². The number of imidazole rings is 1. The first-order valence-electron chi connectivity index (χ1n) is 8.05. The van der Waals surface area contributed by atoms with Gasteiger partial charge in [-0.2, -0.15) is 0 Å². The predicted molar refractivity (Wildman–Crippen MR) is 84.8 cm³/mol. The molecule has 4 rings (SSSR count). The number of aryl methyl sites for hydroxylation is 1. The molecular formula is C17H19N3O4. The van der Waals surface area contributed by atoms with Gasteiger partial charge in [0.25, 0.3) is 5.91 Å². The third kappa shape index (κ3) is 2.19. The zero-order valence-corrected chi connectivity index (χ0v) is 13.4. The molecule has 0 saturated carbocycles. The monoisotopic (exact) mass is 329 g/mol. The molecule has 2 fully saturated rings. The summed E-state index contributed by atoms with van der Waals surface area (Å²) in [5.41, 5.74) is 1.25. The van der Waals surface area contributed by atoms with Gasteiger partial charge in [0, 0.05) is 38.0 Å². The minimum absolute atomic E-state index is 0.160. The molecule has 1 amide bonds. The van der Waals surface area contributed by atoms with Crippen LogP contribution < -0.4 is 0 Å². The van der Waals surface area contributed by atoms with Crippen LogP contribution in [0.15, 0.2) is 24.5 Å². The van der Waals surface area contributed by atoms with Crippen molar-refractivity contribution in [1.29, 1.82) is 0 Å². The summed E-state index contributed by atoms with van der Waals surface area (Å²) in [6, 6.07) is 3.86. The van der Waals surface area contributed by atoms with Crippen LogP contribution >= 0.6 is 0 Å². The van der Waals surface area contributed by atoms with Gasteiger partial charge in [-0.05, 0) is 31.0 Å². The molecule has 0 bridgehead atoms. The molecule has 24 heavy (non-hydrogen) atoms. The number of carbonyl (C=O) groups is 2. The van der Waals surface area contributed by atoms with Crippen molar-refractivity contribution in [3.63, 3.8) is 0 Å². The largest absolute Gasteiger partial charge is 0.481 e. The number of likely N-dealkylation sites (tertiary alicyclic amines) is 1. The Morgan fingerprint density at radius 2 is 2.29 bits per heavy atom. The van der Waals surface area contributed by atoms with E-state index in [0.717, 1.165) is 5.56 Å². The smallest absolute Gasteiger partial charge is 0.311 e. The molecule has 7 nitrogen and oxygen atoms in total.